The van der Waals surface area contributed by atoms with Crippen LogP contribution < -0.4 is 5.32 Å². The van der Waals surface area contributed by atoms with E-state index in [9.17, 15) is 4.79 Å². The second-order valence-corrected chi connectivity index (χ2v) is 9.01. The van der Waals surface area contributed by atoms with Crippen LogP contribution in [0.4, 0.5) is 0 Å². The molecule has 1 saturated carbocycles. The summed E-state index contributed by atoms with van der Waals surface area (Å²) in [6.07, 6.45) is 5.16. The van der Waals surface area contributed by atoms with Crippen molar-refractivity contribution in [3.8, 4) is 11.4 Å². The van der Waals surface area contributed by atoms with Gasteiger partial charge in [-0.1, -0.05) is 68.8 Å². The number of benzene rings is 1. The summed E-state index contributed by atoms with van der Waals surface area (Å²) >= 11 is 1.42. The molecule has 0 radical (unpaired) electrons. The molecule has 0 aliphatic heterocycles. The molecule has 1 amide bonds. The third-order valence-electron chi connectivity index (χ3n) is 6.03. The number of aromatic nitrogens is 3. The van der Waals surface area contributed by atoms with Crippen molar-refractivity contribution in [2.45, 2.75) is 50.9 Å². The molecular weight excluding hydrogens is 396 g/mol. The first kappa shape index (κ1) is 20.7. The Morgan fingerprint density at radius 1 is 1.17 bits per heavy atom. The molecule has 1 N–H and O–H groups in total. The molecule has 3 atom stereocenters. The molecule has 1 aliphatic carbocycles. The minimum atomic E-state index is 0.0553. The number of rotatable bonds is 7. The Labute approximate surface area is 181 Å². The number of carbonyl (C=O) groups excluding carboxylic acids is 1. The number of nitrogens with one attached hydrogen (secondary N) is 1. The van der Waals surface area contributed by atoms with Crippen molar-refractivity contribution in [3.63, 3.8) is 0 Å². The van der Waals surface area contributed by atoms with E-state index in [1.54, 1.807) is 6.26 Å². The van der Waals surface area contributed by atoms with Crippen LogP contribution in [0.15, 0.2) is 58.3 Å². The normalized spacial score (nSPS) is 21.5. The van der Waals surface area contributed by atoms with Gasteiger partial charge in [0.1, 0.15) is 5.76 Å². The SMILES string of the molecule is C[C@@H]1[C@H](C)CCC[C@@H]1NC(=O)CSc1nnc(-c2ccccc2)n1Cc1ccco1. The number of furan rings is 1. The van der Waals surface area contributed by atoms with Crippen molar-refractivity contribution < 1.29 is 9.21 Å². The van der Waals surface area contributed by atoms with Crippen LogP contribution in [0.3, 0.4) is 0 Å². The van der Waals surface area contributed by atoms with E-state index in [0.717, 1.165) is 23.6 Å². The topological polar surface area (TPSA) is 73.0 Å². The van der Waals surface area contributed by atoms with Crippen LogP contribution in [0.2, 0.25) is 0 Å². The first-order valence-corrected chi connectivity index (χ1v) is 11.5. The van der Waals surface area contributed by atoms with Gasteiger partial charge in [-0.15, -0.1) is 10.2 Å². The molecule has 0 spiro atoms. The summed E-state index contributed by atoms with van der Waals surface area (Å²) < 4.78 is 7.55. The van der Waals surface area contributed by atoms with Gasteiger partial charge in [0.05, 0.1) is 18.6 Å². The lowest BCUT2D eigenvalue weighted by atomic mass is 9.78. The van der Waals surface area contributed by atoms with Crippen LogP contribution in [0.1, 0.15) is 38.9 Å². The molecule has 0 unspecified atom stereocenters. The fraction of sp³-hybridized carbons (Fsp3) is 0.435. The van der Waals surface area contributed by atoms with Crippen molar-refractivity contribution in [3.05, 3.63) is 54.5 Å². The molecule has 0 saturated heterocycles. The molecule has 3 aromatic rings. The van der Waals surface area contributed by atoms with Gasteiger partial charge in [-0.05, 0) is 30.4 Å². The Hall–Kier alpha value is -2.54. The Morgan fingerprint density at radius 3 is 2.77 bits per heavy atom. The van der Waals surface area contributed by atoms with E-state index in [1.165, 1.54) is 24.6 Å². The highest BCUT2D eigenvalue weighted by atomic mass is 32.2. The summed E-state index contributed by atoms with van der Waals surface area (Å²) in [7, 11) is 0. The van der Waals surface area contributed by atoms with Crippen LogP contribution in [-0.2, 0) is 11.3 Å². The van der Waals surface area contributed by atoms with Gasteiger partial charge < -0.3 is 9.73 Å². The van der Waals surface area contributed by atoms with Crippen molar-refractivity contribution in [1.29, 1.82) is 0 Å². The molecule has 1 fully saturated rings. The smallest absolute Gasteiger partial charge is 0.230 e. The first-order valence-electron chi connectivity index (χ1n) is 10.5. The Balaban J connectivity index is 1.47. The molecule has 2 aromatic heterocycles. The number of amides is 1. The van der Waals surface area contributed by atoms with Crippen LogP contribution in [0.25, 0.3) is 11.4 Å². The summed E-state index contributed by atoms with van der Waals surface area (Å²) in [5, 5.41) is 12.7. The Morgan fingerprint density at radius 2 is 2.00 bits per heavy atom. The molecule has 4 rings (SSSR count). The van der Waals surface area contributed by atoms with E-state index >= 15 is 0 Å². The zero-order valence-corrected chi connectivity index (χ0v) is 18.3. The monoisotopic (exact) mass is 424 g/mol. The summed E-state index contributed by atoms with van der Waals surface area (Å²) in [6, 6.07) is 14.0. The maximum Gasteiger partial charge on any atom is 0.230 e. The average molecular weight is 425 g/mol. The minimum Gasteiger partial charge on any atom is -0.467 e. The van der Waals surface area contributed by atoms with Gasteiger partial charge in [0.25, 0.3) is 0 Å². The van der Waals surface area contributed by atoms with Gasteiger partial charge in [-0.2, -0.15) is 0 Å². The standard InChI is InChI=1S/C23H28N4O2S/c1-16-8-6-12-20(17(16)2)24-21(28)15-30-23-26-25-22(18-9-4-3-5-10-18)27(23)14-19-11-7-13-29-19/h3-5,7,9-11,13,16-17,20H,6,8,12,14-15H2,1-2H3,(H,24,28)/t16-,17-,20+/m1/s1. The summed E-state index contributed by atoms with van der Waals surface area (Å²) in [4.78, 5) is 12.6. The average Bonchev–Trinajstić information content (AvgIpc) is 3.41. The number of carbonyl (C=O) groups is 1. The van der Waals surface area contributed by atoms with Crippen molar-refractivity contribution in [2.24, 2.45) is 11.8 Å². The van der Waals surface area contributed by atoms with E-state index < -0.39 is 0 Å². The van der Waals surface area contributed by atoms with E-state index in [1.807, 2.05) is 47.0 Å². The molecule has 7 heteroatoms. The van der Waals surface area contributed by atoms with Crippen molar-refractivity contribution in [1.82, 2.24) is 20.1 Å². The fourth-order valence-corrected chi connectivity index (χ4v) is 4.81. The van der Waals surface area contributed by atoms with E-state index in [4.69, 9.17) is 4.42 Å². The maximum absolute atomic E-state index is 12.6. The molecular formula is C23H28N4O2S. The second kappa shape index (κ2) is 9.51. The third-order valence-corrected chi connectivity index (χ3v) is 7.00. The van der Waals surface area contributed by atoms with Crippen molar-refractivity contribution in [2.75, 3.05) is 5.75 Å². The van der Waals surface area contributed by atoms with Gasteiger partial charge in [-0.25, -0.2) is 0 Å². The van der Waals surface area contributed by atoms with Crippen LogP contribution in [-0.4, -0.2) is 32.5 Å². The van der Waals surface area contributed by atoms with Crippen LogP contribution in [0.5, 0.6) is 0 Å². The highest BCUT2D eigenvalue weighted by molar-refractivity contribution is 7.99. The van der Waals surface area contributed by atoms with E-state index in [0.29, 0.717) is 29.3 Å². The zero-order valence-electron chi connectivity index (χ0n) is 17.5. The highest BCUT2D eigenvalue weighted by Gasteiger charge is 2.28. The molecule has 1 aliphatic rings. The fourth-order valence-electron chi connectivity index (χ4n) is 4.06. The van der Waals surface area contributed by atoms with Gasteiger partial charge in [-0.3, -0.25) is 9.36 Å². The maximum atomic E-state index is 12.6. The number of nitrogens with zero attached hydrogens (tertiary/aromatic N) is 3. The second-order valence-electron chi connectivity index (χ2n) is 8.07. The third kappa shape index (κ3) is 4.78. The minimum absolute atomic E-state index is 0.0553. The molecule has 158 valence electrons. The number of thioether (sulfide) groups is 1. The van der Waals surface area contributed by atoms with Gasteiger partial charge >= 0.3 is 0 Å². The predicted octanol–water partition coefficient (Wildman–Crippen LogP) is 4.62. The molecule has 2 heterocycles. The molecule has 30 heavy (non-hydrogen) atoms. The Bertz CT molecular complexity index is 955. The summed E-state index contributed by atoms with van der Waals surface area (Å²) in [5.74, 6) is 3.14. The van der Waals surface area contributed by atoms with Crippen LogP contribution >= 0.6 is 11.8 Å². The lowest BCUT2D eigenvalue weighted by Gasteiger charge is -2.34. The molecule has 0 bridgehead atoms. The summed E-state index contributed by atoms with van der Waals surface area (Å²) in [6.45, 7) is 5.04. The van der Waals surface area contributed by atoms with E-state index in [-0.39, 0.29) is 11.9 Å². The predicted molar refractivity (Wildman–Crippen MR) is 118 cm³/mol. The lowest BCUT2D eigenvalue weighted by molar-refractivity contribution is -0.120. The zero-order chi connectivity index (χ0) is 20.9. The molecule has 1 aromatic carbocycles. The largest absolute Gasteiger partial charge is 0.467 e. The Kier molecular flexibility index (Phi) is 6.57. The lowest BCUT2D eigenvalue weighted by Crippen LogP contribution is -2.44. The number of hydrogen-bond acceptors (Lipinski definition) is 5. The highest BCUT2D eigenvalue weighted by Crippen LogP contribution is 2.30. The van der Waals surface area contributed by atoms with Crippen molar-refractivity contribution >= 4 is 17.7 Å². The first-order chi connectivity index (χ1) is 14.6. The van der Waals surface area contributed by atoms with Gasteiger partial charge in [0.15, 0.2) is 11.0 Å². The molecule has 6 nitrogen and oxygen atoms in total. The quantitative estimate of drug-likeness (QED) is 0.560. The van der Waals surface area contributed by atoms with Crippen LogP contribution in [0, 0.1) is 11.8 Å². The summed E-state index contributed by atoms with van der Waals surface area (Å²) in [5.41, 5.74) is 0.984. The van der Waals surface area contributed by atoms with E-state index in [2.05, 4.69) is 29.4 Å². The van der Waals surface area contributed by atoms with Gasteiger partial charge in [0.2, 0.25) is 5.91 Å². The number of hydrogen-bond donors (Lipinski definition) is 1. The van der Waals surface area contributed by atoms with Gasteiger partial charge in [0, 0.05) is 11.6 Å².